The first-order valence-electron chi connectivity index (χ1n) is 7.75. The molecule has 3 N–H and O–H groups in total. The molecule has 1 aliphatic rings. The second kappa shape index (κ2) is 5.55. The van der Waals surface area contributed by atoms with Gasteiger partial charge in [0, 0.05) is 37.0 Å². The van der Waals surface area contributed by atoms with Crippen molar-refractivity contribution in [2.45, 2.75) is 18.5 Å². The van der Waals surface area contributed by atoms with Crippen LogP contribution in [-0.4, -0.2) is 34.2 Å². The van der Waals surface area contributed by atoms with Crippen molar-refractivity contribution < 1.29 is 0 Å². The molecule has 4 nitrogen and oxygen atoms in total. The highest BCUT2D eigenvalue weighted by atomic mass is 15.2. The molecule has 2 atom stereocenters. The van der Waals surface area contributed by atoms with E-state index in [2.05, 4.69) is 63.6 Å². The van der Waals surface area contributed by atoms with Gasteiger partial charge in [-0.2, -0.15) is 5.10 Å². The summed E-state index contributed by atoms with van der Waals surface area (Å²) < 4.78 is 0. The Morgan fingerprint density at radius 1 is 1.09 bits per heavy atom. The minimum atomic E-state index is 0.198. The molecule has 3 aromatic rings. The Kier molecular flexibility index (Phi) is 3.41. The number of rotatable bonds is 3. The lowest BCUT2D eigenvalue weighted by molar-refractivity contribution is 0.325. The fourth-order valence-corrected chi connectivity index (χ4v) is 3.50. The minimum absolute atomic E-state index is 0.198. The highest BCUT2D eigenvalue weighted by Crippen LogP contribution is 2.28. The minimum Gasteiger partial charge on any atom is -0.326 e. The molecular formula is C18H20N4. The van der Waals surface area contributed by atoms with Crippen LogP contribution < -0.4 is 5.73 Å². The number of hydrogen-bond acceptors (Lipinski definition) is 3. The predicted octanol–water partition coefficient (Wildman–Crippen LogP) is 2.49. The summed E-state index contributed by atoms with van der Waals surface area (Å²) in [5, 5.41) is 8.42. The molecule has 0 unspecified atom stereocenters. The normalized spacial score (nSPS) is 22.4. The summed E-state index contributed by atoms with van der Waals surface area (Å²) in [6, 6.07) is 17.2. The molecule has 0 bridgehead atoms. The Bertz CT molecular complexity index is 765. The zero-order chi connectivity index (χ0) is 14.9. The Labute approximate surface area is 129 Å². The van der Waals surface area contributed by atoms with E-state index < -0.39 is 0 Å². The molecule has 22 heavy (non-hydrogen) atoms. The standard InChI is InChI=1S/C18H20N4/c19-17-12-22(11-16(17)13-5-2-1-3-6-13)10-15-8-4-7-14-9-20-21-18(14)15/h1-9,16-17H,10-12,19H2,(H,20,21)/t16-,17+/m0/s1. The van der Waals surface area contributed by atoms with Crippen molar-refractivity contribution in [3.8, 4) is 0 Å². The van der Waals surface area contributed by atoms with Gasteiger partial charge in [0.05, 0.1) is 11.7 Å². The van der Waals surface area contributed by atoms with Crippen LogP contribution in [0, 0.1) is 0 Å². The number of aromatic amines is 1. The Balaban J connectivity index is 1.54. The largest absolute Gasteiger partial charge is 0.326 e. The van der Waals surface area contributed by atoms with Crippen molar-refractivity contribution in [3.63, 3.8) is 0 Å². The van der Waals surface area contributed by atoms with Gasteiger partial charge in [-0.3, -0.25) is 10.00 Å². The van der Waals surface area contributed by atoms with Gasteiger partial charge in [0.2, 0.25) is 0 Å². The molecule has 1 aliphatic heterocycles. The third-order valence-corrected chi connectivity index (χ3v) is 4.63. The molecule has 1 saturated heterocycles. The molecule has 4 heteroatoms. The maximum Gasteiger partial charge on any atom is 0.0695 e. The number of nitrogens with zero attached hydrogens (tertiary/aromatic N) is 2. The summed E-state index contributed by atoms with van der Waals surface area (Å²) in [6.45, 7) is 2.86. The summed E-state index contributed by atoms with van der Waals surface area (Å²) in [4.78, 5) is 2.44. The molecule has 2 heterocycles. The number of benzene rings is 2. The fraction of sp³-hybridized carbons (Fsp3) is 0.278. The van der Waals surface area contributed by atoms with E-state index in [-0.39, 0.29) is 6.04 Å². The Morgan fingerprint density at radius 2 is 1.95 bits per heavy atom. The first-order valence-corrected chi connectivity index (χ1v) is 7.75. The first kappa shape index (κ1) is 13.5. The average molecular weight is 292 g/mol. The van der Waals surface area contributed by atoms with Crippen LogP contribution in [0.15, 0.2) is 54.7 Å². The monoisotopic (exact) mass is 292 g/mol. The number of fused-ring (bicyclic) bond motifs is 1. The van der Waals surface area contributed by atoms with E-state index in [4.69, 9.17) is 5.73 Å². The third-order valence-electron chi connectivity index (χ3n) is 4.63. The number of hydrogen-bond donors (Lipinski definition) is 2. The van der Waals surface area contributed by atoms with E-state index in [1.807, 2.05) is 6.20 Å². The summed E-state index contributed by atoms with van der Waals surface area (Å²) in [6.07, 6.45) is 1.88. The summed E-state index contributed by atoms with van der Waals surface area (Å²) in [5.74, 6) is 0.419. The molecule has 0 amide bonds. The van der Waals surface area contributed by atoms with Crippen LogP contribution in [0.4, 0.5) is 0 Å². The van der Waals surface area contributed by atoms with E-state index in [9.17, 15) is 0 Å². The van der Waals surface area contributed by atoms with Gasteiger partial charge in [-0.25, -0.2) is 0 Å². The van der Waals surface area contributed by atoms with Gasteiger partial charge in [0.1, 0.15) is 0 Å². The van der Waals surface area contributed by atoms with Gasteiger partial charge in [0.15, 0.2) is 0 Å². The lowest BCUT2D eigenvalue weighted by Gasteiger charge is -2.16. The highest BCUT2D eigenvalue weighted by Gasteiger charge is 2.31. The van der Waals surface area contributed by atoms with Crippen LogP contribution in [0.3, 0.4) is 0 Å². The van der Waals surface area contributed by atoms with Gasteiger partial charge in [-0.1, -0.05) is 48.5 Å². The second-order valence-electron chi connectivity index (χ2n) is 6.13. The Morgan fingerprint density at radius 3 is 2.82 bits per heavy atom. The van der Waals surface area contributed by atoms with Crippen molar-refractivity contribution in [2.24, 2.45) is 5.73 Å². The fourth-order valence-electron chi connectivity index (χ4n) is 3.50. The maximum absolute atomic E-state index is 6.39. The third kappa shape index (κ3) is 2.40. The smallest absolute Gasteiger partial charge is 0.0695 e. The van der Waals surface area contributed by atoms with Crippen LogP contribution in [0.2, 0.25) is 0 Å². The number of para-hydroxylation sites is 1. The number of H-pyrrole nitrogens is 1. The van der Waals surface area contributed by atoms with Gasteiger partial charge in [0.25, 0.3) is 0 Å². The topological polar surface area (TPSA) is 57.9 Å². The molecule has 112 valence electrons. The molecule has 4 rings (SSSR count). The summed E-state index contributed by atoms with van der Waals surface area (Å²) >= 11 is 0. The van der Waals surface area contributed by atoms with Crippen molar-refractivity contribution in [1.29, 1.82) is 0 Å². The molecule has 0 aliphatic carbocycles. The van der Waals surface area contributed by atoms with Crippen LogP contribution in [0.1, 0.15) is 17.0 Å². The second-order valence-corrected chi connectivity index (χ2v) is 6.13. The Hall–Kier alpha value is -2.17. The van der Waals surface area contributed by atoms with Crippen LogP contribution in [0.25, 0.3) is 10.9 Å². The number of nitrogens with one attached hydrogen (secondary N) is 1. The van der Waals surface area contributed by atoms with E-state index in [0.717, 1.165) is 25.2 Å². The number of nitrogens with two attached hydrogens (primary N) is 1. The van der Waals surface area contributed by atoms with Gasteiger partial charge >= 0.3 is 0 Å². The molecule has 1 fully saturated rings. The molecule has 0 spiro atoms. The summed E-state index contributed by atoms with van der Waals surface area (Å²) in [5.41, 5.74) is 10.2. The van der Waals surface area contributed by atoms with Crippen LogP contribution in [-0.2, 0) is 6.54 Å². The van der Waals surface area contributed by atoms with Crippen LogP contribution in [0.5, 0.6) is 0 Å². The SMILES string of the molecule is N[C@@H]1CN(Cc2cccc3cn[nH]c23)C[C@H]1c1ccccc1. The molecule has 0 radical (unpaired) electrons. The van der Waals surface area contributed by atoms with Crippen molar-refractivity contribution in [1.82, 2.24) is 15.1 Å². The van der Waals surface area contributed by atoms with E-state index in [1.165, 1.54) is 16.5 Å². The highest BCUT2D eigenvalue weighted by molar-refractivity contribution is 5.81. The maximum atomic E-state index is 6.39. The number of likely N-dealkylation sites (tertiary alicyclic amines) is 1. The lowest BCUT2D eigenvalue weighted by Crippen LogP contribution is -2.28. The zero-order valence-corrected chi connectivity index (χ0v) is 12.4. The quantitative estimate of drug-likeness (QED) is 0.780. The van der Waals surface area contributed by atoms with E-state index in [1.54, 1.807) is 0 Å². The van der Waals surface area contributed by atoms with Crippen molar-refractivity contribution in [2.75, 3.05) is 13.1 Å². The van der Waals surface area contributed by atoms with Crippen LogP contribution >= 0.6 is 0 Å². The number of aromatic nitrogens is 2. The van der Waals surface area contributed by atoms with Gasteiger partial charge in [-0.15, -0.1) is 0 Å². The predicted molar refractivity (Wildman–Crippen MR) is 88.5 cm³/mol. The lowest BCUT2D eigenvalue weighted by atomic mass is 9.95. The first-order chi connectivity index (χ1) is 10.8. The van der Waals surface area contributed by atoms with Crippen molar-refractivity contribution in [3.05, 3.63) is 65.9 Å². The molecule has 1 aromatic heterocycles. The molecular weight excluding hydrogens is 272 g/mol. The zero-order valence-electron chi connectivity index (χ0n) is 12.4. The average Bonchev–Trinajstić information content (AvgIpc) is 3.15. The van der Waals surface area contributed by atoms with Crippen molar-refractivity contribution >= 4 is 10.9 Å². The molecule has 2 aromatic carbocycles. The van der Waals surface area contributed by atoms with E-state index >= 15 is 0 Å². The molecule has 0 saturated carbocycles. The van der Waals surface area contributed by atoms with Gasteiger partial charge < -0.3 is 5.73 Å². The van der Waals surface area contributed by atoms with Gasteiger partial charge in [-0.05, 0) is 11.1 Å². The summed E-state index contributed by atoms with van der Waals surface area (Å²) in [7, 11) is 0. The van der Waals surface area contributed by atoms with E-state index in [0.29, 0.717) is 5.92 Å².